The fourth-order valence-corrected chi connectivity index (χ4v) is 2.65. The van der Waals surface area contributed by atoms with Gasteiger partial charge in [-0.25, -0.2) is 4.79 Å². The minimum absolute atomic E-state index is 0.253. The Balaban J connectivity index is 1.68. The van der Waals surface area contributed by atoms with Crippen molar-refractivity contribution >= 4 is 34.4 Å². The molecule has 0 fully saturated rings. The molecule has 3 rings (SSSR count). The lowest BCUT2D eigenvalue weighted by Gasteiger charge is -2.19. The van der Waals surface area contributed by atoms with Crippen molar-refractivity contribution in [3.05, 3.63) is 75.5 Å². The summed E-state index contributed by atoms with van der Waals surface area (Å²) in [4.78, 5) is 46.3. The van der Waals surface area contributed by atoms with Crippen molar-refractivity contribution in [3.8, 4) is 0 Å². The summed E-state index contributed by atoms with van der Waals surface area (Å²) in [5.41, 5.74) is 4.37. The molecule has 2 N–H and O–H groups in total. The Bertz CT molecular complexity index is 1190. The quantitative estimate of drug-likeness (QED) is 0.371. The van der Waals surface area contributed by atoms with Crippen molar-refractivity contribution in [1.29, 1.82) is 0 Å². The monoisotopic (exact) mass is 425 g/mol. The number of hydrazine groups is 1. The molecule has 2 aromatic carbocycles. The normalized spacial score (nSPS) is 11.1. The topological polar surface area (TPSA) is 141 Å². The zero-order chi connectivity index (χ0) is 22.8. The average molecular weight is 425 g/mol. The van der Waals surface area contributed by atoms with Crippen LogP contribution >= 0.6 is 0 Å². The Morgan fingerprint density at radius 3 is 2.06 bits per heavy atom. The van der Waals surface area contributed by atoms with Gasteiger partial charge in [0.1, 0.15) is 10.5 Å². The fraction of sp³-hybridized carbons (Fsp3) is 0.190. The first-order valence-electron chi connectivity index (χ1n) is 9.15. The molecule has 0 spiro atoms. The van der Waals surface area contributed by atoms with Gasteiger partial charge in [0, 0.05) is 5.56 Å². The Morgan fingerprint density at radius 2 is 1.48 bits per heavy atom. The molecule has 160 valence electrons. The molecule has 0 aliphatic heterocycles. The first-order valence-corrected chi connectivity index (χ1v) is 9.15. The second-order valence-electron chi connectivity index (χ2n) is 7.58. The number of benzene rings is 2. The van der Waals surface area contributed by atoms with Crippen molar-refractivity contribution in [2.45, 2.75) is 26.4 Å². The predicted octanol–water partition coefficient (Wildman–Crippen LogP) is 3.37. The van der Waals surface area contributed by atoms with Gasteiger partial charge in [0.05, 0.1) is 11.6 Å². The van der Waals surface area contributed by atoms with E-state index in [9.17, 15) is 24.5 Å². The van der Waals surface area contributed by atoms with Crippen LogP contribution in [0.1, 0.15) is 52.0 Å². The van der Waals surface area contributed by atoms with Crippen molar-refractivity contribution in [2.75, 3.05) is 0 Å². The highest BCUT2D eigenvalue weighted by Gasteiger charge is 2.19. The van der Waals surface area contributed by atoms with Crippen molar-refractivity contribution < 1.29 is 28.5 Å². The summed E-state index contributed by atoms with van der Waals surface area (Å²) < 4.78 is 10.1. The summed E-state index contributed by atoms with van der Waals surface area (Å²) in [5.74, 6) is -2.80. The van der Waals surface area contributed by atoms with E-state index >= 15 is 0 Å². The molecule has 0 unspecified atom stereocenters. The number of esters is 1. The molecule has 1 aromatic heterocycles. The van der Waals surface area contributed by atoms with E-state index in [1.165, 1.54) is 6.07 Å². The van der Waals surface area contributed by atoms with Crippen LogP contribution in [0.4, 0.5) is 5.88 Å². The zero-order valence-electron chi connectivity index (χ0n) is 16.9. The Morgan fingerprint density at radius 1 is 0.903 bits per heavy atom. The maximum Gasteiger partial charge on any atom is 0.433 e. The van der Waals surface area contributed by atoms with Gasteiger partial charge in [-0.05, 0) is 61.9 Å². The summed E-state index contributed by atoms with van der Waals surface area (Å²) in [6.45, 7) is 5.34. The summed E-state index contributed by atoms with van der Waals surface area (Å²) in [6, 6.07) is 11.9. The SMILES string of the molecule is CC(C)(C)OC(=O)c1ccc2cc(C(=O)NNC(=O)c3ccc([N+](=O)[O-])o3)ccc2c1. The Kier molecular flexibility index (Phi) is 5.73. The van der Waals surface area contributed by atoms with Crippen molar-refractivity contribution in [3.63, 3.8) is 0 Å². The molecular formula is C21H19N3O7. The molecule has 1 heterocycles. The van der Waals surface area contributed by atoms with Crippen molar-refractivity contribution in [1.82, 2.24) is 10.9 Å². The number of nitrogens with zero attached hydrogens (tertiary/aromatic N) is 1. The molecule has 0 bridgehead atoms. The minimum Gasteiger partial charge on any atom is -0.456 e. The number of carbonyl (C=O) groups is 3. The van der Waals surface area contributed by atoms with Crippen molar-refractivity contribution in [2.24, 2.45) is 0 Å². The van der Waals surface area contributed by atoms with E-state index < -0.39 is 34.2 Å². The van der Waals surface area contributed by atoms with Gasteiger partial charge in [0.2, 0.25) is 5.76 Å². The first kappa shape index (κ1) is 21.5. The Labute approximate surface area is 176 Å². The highest BCUT2D eigenvalue weighted by molar-refractivity contribution is 6.02. The van der Waals surface area contributed by atoms with Crippen LogP contribution in [0.15, 0.2) is 52.9 Å². The van der Waals surface area contributed by atoms with Gasteiger partial charge in [-0.3, -0.25) is 30.6 Å². The molecule has 2 amide bonds. The van der Waals surface area contributed by atoms with Gasteiger partial charge in [0.25, 0.3) is 5.91 Å². The number of fused-ring (bicyclic) bond motifs is 1. The number of rotatable bonds is 4. The second kappa shape index (κ2) is 8.27. The first-order chi connectivity index (χ1) is 14.5. The molecule has 0 saturated carbocycles. The molecule has 10 heteroatoms. The molecule has 0 atom stereocenters. The van der Waals surface area contributed by atoms with E-state index in [4.69, 9.17) is 9.15 Å². The predicted molar refractivity (Wildman–Crippen MR) is 109 cm³/mol. The number of nitrogens with one attached hydrogen (secondary N) is 2. The molecule has 10 nitrogen and oxygen atoms in total. The summed E-state index contributed by atoms with van der Waals surface area (Å²) in [5, 5.41) is 12.0. The van der Waals surface area contributed by atoms with Crippen LogP contribution in [0.25, 0.3) is 10.8 Å². The lowest BCUT2D eigenvalue weighted by atomic mass is 10.0. The van der Waals surface area contributed by atoms with Crippen LogP contribution in [0.2, 0.25) is 0 Å². The third-order valence-electron chi connectivity index (χ3n) is 4.02. The molecule has 0 radical (unpaired) electrons. The molecule has 0 aliphatic rings. The van der Waals surface area contributed by atoms with E-state index in [0.29, 0.717) is 10.9 Å². The second-order valence-corrected chi connectivity index (χ2v) is 7.58. The van der Waals surface area contributed by atoms with Gasteiger partial charge in [-0.1, -0.05) is 12.1 Å². The number of hydrogen-bond acceptors (Lipinski definition) is 7. The number of ether oxygens (including phenoxy) is 1. The molecule has 31 heavy (non-hydrogen) atoms. The summed E-state index contributed by atoms with van der Waals surface area (Å²) in [6.07, 6.45) is 0. The molecule has 0 saturated heterocycles. The maximum absolute atomic E-state index is 12.3. The fourth-order valence-electron chi connectivity index (χ4n) is 2.65. The third-order valence-corrected chi connectivity index (χ3v) is 4.02. The van der Waals surface area contributed by atoms with Gasteiger partial charge < -0.3 is 9.15 Å². The molecule has 0 aliphatic carbocycles. The van der Waals surface area contributed by atoms with Gasteiger partial charge in [0.15, 0.2) is 0 Å². The lowest BCUT2D eigenvalue weighted by molar-refractivity contribution is -0.402. The van der Waals surface area contributed by atoms with Gasteiger partial charge in [-0.15, -0.1) is 0 Å². The van der Waals surface area contributed by atoms with Crippen LogP contribution < -0.4 is 10.9 Å². The minimum atomic E-state index is -0.843. The summed E-state index contributed by atoms with van der Waals surface area (Å²) in [7, 11) is 0. The van der Waals surface area contributed by atoms with E-state index in [1.807, 2.05) is 0 Å². The highest BCUT2D eigenvalue weighted by Crippen LogP contribution is 2.20. The molecular weight excluding hydrogens is 406 g/mol. The van der Waals surface area contributed by atoms with Crippen LogP contribution in [-0.2, 0) is 4.74 Å². The highest BCUT2D eigenvalue weighted by atomic mass is 16.6. The lowest BCUT2D eigenvalue weighted by Crippen LogP contribution is -2.41. The smallest absolute Gasteiger partial charge is 0.433 e. The number of carbonyl (C=O) groups excluding carboxylic acids is 3. The standard InChI is InChI=1S/C21H19N3O7/c1-21(2,3)31-20(27)15-7-5-12-10-14(6-4-13(12)11-15)18(25)22-23-19(26)16-8-9-17(30-16)24(28)29/h4-11H,1-3H3,(H,22,25)(H,23,26). The Hall–Kier alpha value is -4.21. The van der Waals surface area contributed by atoms with Crippen LogP contribution in [0, 0.1) is 10.1 Å². The number of furan rings is 1. The van der Waals surface area contributed by atoms with E-state index in [2.05, 4.69) is 10.9 Å². The summed E-state index contributed by atoms with van der Waals surface area (Å²) >= 11 is 0. The maximum atomic E-state index is 12.3. The van der Waals surface area contributed by atoms with E-state index in [-0.39, 0.29) is 11.3 Å². The largest absolute Gasteiger partial charge is 0.456 e. The number of amides is 2. The van der Waals surface area contributed by atoms with Crippen LogP contribution in [0.3, 0.4) is 0 Å². The van der Waals surface area contributed by atoms with Crippen LogP contribution in [0.5, 0.6) is 0 Å². The number of hydrogen-bond donors (Lipinski definition) is 2. The van der Waals surface area contributed by atoms with E-state index in [1.54, 1.807) is 51.1 Å². The van der Waals surface area contributed by atoms with Gasteiger partial charge in [-0.2, -0.15) is 0 Å². The van der Waals surface area contributed by atoms with Crippen LogP contribution in [-0.4, -0.2) is 28.3 Å². The average Bonchev–Trinajstić information content (AvgIpc) is 3.20. The zero-order valence-corrected chi connectivity index (χ0v) is 16.9. The number of nitro groups is 1. The van der Waals surface area contributed by atoms with Gasteiger partial charge >= 0.3 is 17.8 Å². The third kappa shape index (κ3) is 5.24. The molecule has 3 aromatic rings. The van der Waals surface area contributed by atoms with E-state index in [0.717, 1.165) is 17.5 Å².